The molecule has 0 aromatic carbocycles. The SMILES string of the molecule is CC(N)CNc1ncnc2sccc12. The highest BCUT2D eigenvalue weighted by atomic mass is 32.1. The fourth-order valence-electron chi connectivity index (χ4n) is 1.19. The van der Waals surface area contributed by atoms with E-state index in [0.717, 1.165) is 22.6 Å². The molecule has 74 valence electrons. The van der Waals surface area contributed by atoms with Crippen LogP contribution in [0.4, 0.5) is 5.82 Å². The Bertz CT molecular complexity index is 423. The Morgan fingerprint density at radius 1 is 1.57 bits per heavy atom. The minimum absolute atomic E-state index is 0.124. The first kappa shape index (κ1) is 9.36. The molecule has 0 spiro atoms. The number of thiophene rings is 1. The van der Waals surface area contributed by atoms with Gasteiger partial charge in [0.25, 0.3) is 0 Å². The monoisotopic (exact) mass is 208 g/mol. The van der Waals surface area contributed by atoms with E-state index in [1.54, 1.807) is 17.7 Å². The molecular weight excluding hydrogens is 196 g/mol. The van der Waals surface area contributed by atoms with Crippen LogP contribution in [0.15, 0.2) is 17.8 Å². The fourth-order valence-corrected chi connectivity index (χ4v) is 1.92. The van der Waals surface area contributed by atoms with Crippen LogP contribution in [-0.4, -0.2) is 22.6 Å². The molecule has 5 heteroatoms. The predicted octanol–water partition coefficient (Wildman–Crippen LogP) is 1.45. The lowest BCUT2D eigenvalue weighted by Crippen LogP contribution is -2.25. The van der Waals surface area contributed by atoms with Crippen LogP contribution in [0, 0.1) is 0 Å². The van der Waals surface area contributed by atoms with Gasteiger partial charge in [-0.15, -0.1) is 11.3 Å². The topological polar surface area (TPSA) is 63.8 Å². The molecule has 0 saturated carbocycles. The normalized spacial score (nSPS) is 13.0. The van der Waals surface area contributed by atoms with Gasteiger partial charge in [0.05, 0.1) is 5.39 Å². The summed E-state index contributed by atoms with van der Waals surface area (Å²) in [4.78, 5) is 9.35. The van der Waals surface area contributed by atoms with Crippen LogP contribution in [0.5, 0.6) is 0 Å². The predicted molar refractivity (Wildman–Crippen MR) is 59.6 cm³/mol. The summed E-state index contributed by atoms with van der Waals surface area (Å²) in [5.41, 5.74) is 5.66. The maximum absolute atomic E-state index is 5.66. The number of nitrogens with one attached hydrogen (secondary N) is 1. The Kier molecular flexibility index (Phi) is 2.60. The van der Waals surface area contributed by atoms with Gasteiger partial charge < -0.3 is 11.1 Å². The molecule has 2 rings (SSSR count). The molecule has 0 aliphatic carbocycles. The molecular formula is C9H12N4S. The van der Waals surface area contributed by atoms with Gasteiger partial charge in [0, 0.05) is 12.6 Å². The van der Waals surface area contributed by atoms with Crippen LogP contribution >= 0.6 is 11.3 Å². The molecule has 3 N–H and O–H groups in total. The van der Waals surface area contributed by atoms with Gasteiger partial charge in [-0.1, -0.05) is 0 Å². The largest absolute Gasteiger partial charge is 0.368 e. The lowest BCUT2D eigenvalue weighted by Gasteiger charge is -2.08. The lowest BCUT2D eigenvalue weighted by atomic mass is 10.3. The zero-order valence-electron chi connectivity index (χ0n) is 7.90. The van der Waals surface area contributed by atoms with Crippen LogP contribution in [-0.2, 0) is 0 Å². The first-order chi connectivity index (χ1) is 6.77. The maximum atomic E-state index is 5.66. The number of rotatable bonds is 3. The summed E-state index contributed by atoms with van der Waals surface area (Å²) in [6.45, 7) is 2.68. The van der Waals surface area contributed by atoms with Gasteiger partial charge in [0.15, 0.2) is 0 Å². The van der Waals surface area contributed by atoms with E-state index < -0.39 is 0 Å². The van der Waals surface area contributed by atoms with Gasteiger partial charge in [-0.25, -0.2) is 9.97 Å². The molecule has 0 bridgehead atoms. The van der Waals surface area contributed by atoms with E-state index in [9.17, 15) is 0 Å². The van der Waals surface area contributed by atoms with Gasteiger partial charge in [-0.2, -0.15) is 0 Å². The van der Waals surface area contributed by atoms with Crippen LogP contribution in [0.3, 0.4) is 0 Å². The van der Waals surface area contributed by atoms with Crippen LogP contribution in [0.2, 0.25) is 0 Å². The zero-order valence-corrected chi connectivity index (χ0v) is 8.71. The minimum Gasteiger partial charge on any atom is -0.368 e. The van der Waals surface area contributed by atoms with E-state index in [1.165, 1.54) is 0 Å². The van der Waals surface area contributed by atoms with E-state index in [1.807, 2.05) is 18.4 Å². The second-order valence-electron chi connectivity index (χ2n) is 3.22. The number of fused-ring (bicyclic) bond motifs is 1. The molecule has 0 amide bonds. The van der Waals surface area contributed by atoms with Crippen LogP contribution in [0.25, 0.3) is 10.2 Å². The molecule has 2 heterocycles. The Balaban J connectivity index is 2.27. The number of aromatic nitrogens is 2. The van der Waals surface area contributed by atoms with Gasteiger partial charge in [-0.05, 0) is 18.4 Å². The zero-order chi connectivity index (χ0) is 9.97. The number of hydrogen-bond donors (Lipinski definition) is 2. The second-order valence-corrected chi connectivity index (χ2v) is 4.11. The van der Waals surface area contributed by atoms with Crippen molar-refractivity contribution in [2.24, 2.45) is 5.73 Å². The number of anilines is 1. The van der Waals surface area contributed by atoms with Crippen LogP contribution in [0.1, 0.15) is 6.92 Å². The minimum atomic E-state index is 0.124. The third-order valence-electron chi connectivity index (χ3n) is 1.85. The van der Waals surface area contributed by atoms with Gasteiger partial charge in [0.1, 0.15) is 17.0 Å². The molecule has 4 nitrogen and oxygen atoms in total. The summed E-state index contributed by atoms with van der Waals surface area (Å²) < 4.78 is 0. The first-order valence-electron chi connectivity index (χ1n) is 4.45. The van der Waals surface area contributed by atoms with Crippen molar-refractivity contribution in [1.29, 1.82) is 0 Å². The molecule has 1 atom stereocenters. The Hall–Kier alpha value is -1.20. The maximum Gasteiger partial charge on any atom is 0.138 e. The highest BCUT2D eigenvalue weighted by Gasteiger charge is 2.04. The first-order valence-corrected chi connectivity index (χ1v) is 5.33. The van der Waals surface area contributed by atoms with E-state index in [0.29, 0.717) is 0 Å². The summed E-state index contributed by atoms with van der Waals surface area (Å²) in [7, 11) is 0. The molecule has 0 aliphatic heterocycles. The average molecular weight is 208 g/mol. The standard InChI is InChI=1S/C9H12N4S/c1-6(10)4-11-8-7-2-3-14-9(7)13-5-12-8/h2-3,5-6H,4,10H2,1H3,(H,11,12,13). The summed E-state index contributed by atoms with van der Waals surface area (Å²) in [6, 6.07) is 2.14. The molecule has 0 fully saturated rings. The van der Waals surface area contributed by atoms with E-state index in [4.69, 9.17) is 5.73 Å². The van der Waals surface area contributed by atoms with Crippen molar-refractivity contribution in [3.63, 3.8) is 0 Å². The molecule has 0 saturated heterocycles. The molecule has 2 aromatic heterocycles. The smallest absolute Gasteiger partial charge is 0.138 e. The molecule has 1 unspecified atom stereocenters. The van der Waals surface area contributed by atoms with Crippen molar-refractivity contribution >= 4 is 27.4 Å². The summed E-state index contributed by atoms with van der Waals surface area (Å²) >= 11 is 1.61. The average Bonchev–Trinajstić information content (AvgIpc) is 2.62. The van der Waals surface area contributed by atoms with Crippen molar-refractivity contribution in [2.45, 2.75) is 13.0 Å². The quantitative estimate of drug-likeness (QED) is 0.801. The van der Waals surface area contributed by atoms with Crippen molar-refractivity contribution < 1.29 is 0 Å². The molecule has 0 radical (unpaired) electrons. The van der Waals surface area contributed by atoms with E-state index in [2.05, 4.69) is 15.3 Å². The summed E-state index contributed by atoms with van der Waals surface area (Å²) in [5, 5.41) is 6.28. The summed E-state index contributed by atoms with van der Waals surface area (Å²) in [5.74, 6) is 0.869. The number of nitrogens with two attached hydrogens (primary N) is 1. The molecule has 2 aromatic rings. The van der Waals surface area contributed by atoms with Crippen molar-refractivity contribution in [1.82, 2.24) is 9.97 Å². The third-order valence-corrected chi connectivity index (χ3v) is 2.67. The van der Waals surface area contributed by atoms with Crippen LogP contribution < -0.4 is 11.1 Å². The highest BCUT2D eigenvalue weighted by molar-refractivity contribution is 7.16. The van der Waals surface area contributed by atoms with E-state index in [-0.39, 0.29) is 6.04 Å². The molecule has 0 aliphatic rings. The van der Waals surface area contributed by atoms with Crippen molar-refractivity contribution in [2.75, 3.05) is 11.9 Å². The second kappa shape index (κ2) is 3.89. The van der Waals surface area contributed by atoms with Gasteiger partial charge in [-0.3, -0.25) is 0 Å². The summed E-state index contributed by atoms with van der Waals surface area (Å²) in [6.07, 6.45) is 1.57. The third kappa shape index (κ3) is 1.83. The van der Waals surface area contributed by atoms with Gasteiger partial charge in [0.2, 0.25) is 0 Å². The van der Waals surface area contributed by atoms with Crippen molar-refractivity contribution in [3.05, 3.63) is 17.8 Å². The highest BCUT2D eigenvalue weighted by Crippen LogP contribution is 2.23. The number of hydrogen-bond acceptors (Lipinski definition) is 5. The Morgan fingerprint density at radius 3 is 3.21 bits per heavy atom. The Labute approximate surface area is 86.2 Å². The Morgan fingerprint density at radius 2 is 2.43 bits per heavy atom. The van der Waals surface area contributed by atoms with E-state index >= 15 is 0 Å². The fraction of sp³-hybridized carbons (Fsp3) is 0.333. The lowest BCUT2D eigenvalue weighted by molar-refractivity contribution is 0.778. The molecule has 14 heavy (non-hydrogen) atoms. The number of nitrogens with zero attached hydrogens (tertiary/aromatic N) is 2. The van der Waals surface area contributed by atoms with Gasteiger partial charge >= 0.3 is 0 Å². The van der Waals surface area contributed by atoms with Crippen molar-refractivity contribution in [3.8, 4) is 0 Å².